The third kappa shape index (κ3) is 4.66. The topological polar surface area (TPSA) is 91.6 Å². The summed E-state index contributed by atoms with van der Waals surface area (Å²) in [5.74, 6) is 1.38. The predicted octanol–water partition coefficient (Wildman–Crippen LogP) is 4.07. The molecule has 1 saturated heterocycles. The number of hydrogen-bond acceptors (Lipinski definition) is 8. The quantitative estimate of drug-likeness (QED) is 0.412. The lowest BCUT2D eigenvalue weighted by Crippen LogP contribution is -2.47. The Kier molecular flexibility index (Phi) is 6.28. The molecule has 0 aliphatic carbocycles. The van der Waals surface area contributed by atoms with Crippen molar-refractivity contribution < 1.29 is 12.9 Å². The van der Waals surface area contributed by atoms with Gasteiger partial charge in [0.25, 0.3) is 10.0 Å². The number of piperazine rings is 1. The molecule has 1 fully saturated rings. The van der Waals surface area contributed by atoms with Crippen molar-refractivity contribution in [2.45, 2.75) is 25.2 Å². The fourth-order valence-corrected chi connectivity index (χ4v) is 6.60. The van der Waals surface area contributed by atoms with Gasteiger partial charge in [0.2, 0.25) is 0 Å². The summed E-state index contributed by atoms with van der Waals surface area (Å²) in [7, 11) is -3.75. The van der Waals surface area contributed by atoms with Crippen LogP contribution in [0.15, 0.2) is 57.9 Å². The van der Waals surface area contributed by atoms with E-state index in [0.717, 1.165) is 50.5 Å². The van der Waals surface area contributed by atoms with E-state index < -0.39 is 10.0 Å². The van der Waals surface area contributed by atoms with E-state index in [1.165, 1.54) is 10.1 Å². The van der Waals surface area contributed by atoms with Gasteiger partial charge in [-0.15, -0.1) is 0 Å². The standard InChI is InChI=1S/C24H27N5O3S2/c1-17-23(18(2)32-25-17)34(30,31)27-20-7-5-6-19(16-20)10-11-28-12-14-29(15-13-28)24-21-8-3-4-9-22(21)33-26-24/h3-9,16,27H,10-15H2,1-2H3. The van der Waals surface area contributed by atoms with E-state index in [0.29, 0.717) is 11.4 Å². The molecule has 0 radical (unpaired) electrons. The molecule has 1 aliphatic heterocycles. The minimum absolute atomic E-state index is 0.101. The Morgan fingerprint density at radius 1 is 1.06 bits per heavy atom. The molecule has 0 atom stereocenters. The maximum Gasteiger partial charge on any atom is 0.267 e. The minimum atomic E-state index is -3.75. The van der Waals surface area contributed by atoms with Gasteiger partial charge < -0.3 is 9.42 Å². The van der Waals surface area contributed by atoms with E-state index in [9.17, 15) is 8.42 Å². The van der Waals surface area contributed by atoms with Gasteiger partial charge in [0.1, 0.15) is 11.5 Å². The molecule has 1 aliphatic rings. The number of anilines is 2. The number of fused-ring (bicyclic) bond motifs is 1. The Bertz CT molecular complexity index is 1390. The van der Waals surface area contributed by atoms with Crippen molar-refractivity contribution in [3.63, 3.8) is 0 Å². The van der Waals surface area contributed by atoms with E-state index in [1.54, 1.807) is 31.4 Å². The van der Waals surface area contributed by atoms with Crippen LogP contribution in [0.2, 0.25) is 0 Å². The maximum atomic E-state index is 12.8. The van der Waals surface area contributed by atoms with E-state index >= 15 is 0 Å². The van der Waals surface area contributed by atoms with Crippen LogP contribution in [-0.2, 0) is 16.4 Å². The Hall–Kier alpha value is -2.95. The maximum absolute atomic E-state index is 12.8. The van der Waals surface area contributed by atoms with Gasteiger partial charge in [-0.2, -0.15) is 4.37 Å². The highest BCUT2D eigenvalue weighted by atomic mass is 32.2. The van der Waals surface area contributed by atoms with E-state index in [1.807, 2.05) is 18.2 Å². The number of benzene rings is 2. The molecular formula is C24H27N5O3S2. The van der Waals surface area contributed by atoms with Crippen LogP contribution in [-0.4, -0.2) is 55.6 Å². The molecule has 2 aromatic carbocycles. The molecule has 0 saturated carbocycles. The summed E-state index contributed by atoms with van der Waals surface area (Å²) in [6.07, 6.45) is 0.848. The fourth-order valence-electron chi connectivity index (χ4n) is 4.43. The second-order valence-electron chi connectivity index (χ2n) is 8.54. The van der Waals surface area contributed by atoms with E-state index in [2.05, 4.69) is 48.3 Å². The first kappa shape index (κ1) is 22.8. The summed E-state index contributed by atoms with van der Waals surface area (Å²) in [4.78, 5) is 4.93. The summed E-state index contributed by atoms with van der Waals surface area (Å²) >= 11 is 1.56. The molecule has 0 amide bonds. The van der Waals surface area contributed by atoms with Crippen molar-refractivity contribution in [1.29, 1.82) is 0 Å². The molecule has 0 bridgehead atoms. The van der Waals surface area contributed by atoms with Gasteiger partial charge in [0, 0.05) is 43.8 Å². The van der Waals surface area contributed by atoms with Gasteiger partial charge in [0.05, 0.1) is 4.70 Å². The first-order valence-electron chi connectivity index (χ1n) is 11.3. The Labute approximate surface area is 203 Å². The number of nitrogens with one attached hydrogen (secondary N) is 1. The number of aromatic nitrogens is 2. The lowest BCUT2D eigenvalue weighted by atomic mass is 10.1. The smallest absolute Gasteiger partial charge is 0.267 e. The minimum Gasteiger partial charge on any atom is -0.360 e. The predicted molar refractivity (Wildman–Crippen MR) is 135 cm³/mol. The summed E-state index contributed by atoms with van der Waals surface area (Å²) in [6.45, 7) is 8.00. The monoisotopic (exact) mass is 497 g/mol. The molecule has 10 heteroatoms. The van der Waals surface area contributed by atoms with Crippen LogP contribution in [0.4, 0.5) is 11.5 Å². The van der Waals surface area contributed by atoms with Crippen LogP contribution in [0.3, 0.4) is 0 Å². The Balaban J connectivity index is 1.18. The molecule has 0 spiro atoms. The zero-order valence-electron chi connectivity index (χ0n) is 19.2. The van der Waals surface area contributed by atoms with Crippen molar-refractivity contribution in [3.8, 4) is 0 Å². The second-order valence-corrected chi connectivity index (χ2v) is 11.0. The average Bonchev–Trinajstić information content (AvgIpc) is 3.41. The number of hydrogen-bond donors (Lipinski definition) is 1. The highest BCUT2D eigenvalue weighted by Gasteiger charge is 2.24. The van der Waals surface area contributed by atoms with Crippen molar-refractivity contribution in [2.24, 2.45) is 0 Å². The zero-order chi connectivity index (χ0) is 23.7. The largest absolute Gasteiger partial charge is 0.360 e. The Morgan fingerprint density at radius 3 is 2.62 bits per heavy atom. The highest BCUT2D eigenvalue weighted by molar-refractivity contribution is 7.92. The van der Waals surface area contributed by atoms with Crippen LogP contribution in [0.1, 0.15) is 17.0 Å². The van der Waals surface area contributed by atoms with Crippen molar-refractivity contribution >= 4 is 43.1 Å². The molecule has 178 valence electrons. The van der Waals surface area contributed by atoms with E-state index in [4.69, 9.17) is 4.52 Å². The molecule has 1 N–H and O–H groups in total. The van der Waals surface area contributed by atoms with Crippen molar-refractivity contribution in [1.82, 2.24) is 14.4 Å². The third-order valence-electron chi connectivity index (χ3n) is 6.16. The van der Waals surface area contributed by atoms with Crippen molar-refractivity contribution in [2.75, 3.05) is 42.3 Å². The number of rotatable bonds is 7. The number of nitrogens with zero attached hydrogens (tertiary/aromatic N) is 4. The van der Waals surface area contributed by atoms with Gasteiger partial charge in [0.15, 0.2) is 10.7 Å². The number of sulfonamides is 1. The van der Waals surface area contributed by atoms with E-state index in [-0.39, 0.29) is 10.7 Å². The van der Waals surface area contributed by atoms with Gasteiger partial charge in [-0.05, 0) is 61.6 Å². The highest BCUT2D eigenvalue weighted by Crippen LogP contribution is 2.30. The summed E-state index contributed by atoms with van der Waals surface area (Å²) in [5, 5.41) is 4.99. The first-order valence-corrected chi connectivity index (χ1v) is 13.5. The van der Waals surface area contributed by atoms with Crippen LogP contribution in [0.5, 0.6) is 0 Å². The Morgan fingerprint density at radius 2 is 1.85 bits per heavy atom. The van der Waals surface area contributed by atoms with Gasteiger partial charge in [-0.1, -0.05) is 29.4 Å². The van der Waals surface area contributed by atoms with Gasteiger partial charge in [-0.3, -0.25) is 9.62 Å². The molecule has 34 heavy (non-hydrogen) atoms. The lowest BCUT2D eigenvalue weighted by molar-refractivity contribution is 0.261. The normalized spacial score (nSPS) is 15.2. The number of aryl methyl sites for hydroxylation is 2. The van der Waals surface area contributed by atoms with Crippen LogP contribution < -0.4 is 9.62 Å². The molecule has 3 heterocycles. The summed E-state index contributed by atoms with van der Waals surface area (Å²) in [5.41, 5.74) is 1.98. The first-order chi connectivity index (χ1) is 16.4. The molecular weight excluding hydrogens is 470 g/mol. The molecule has 2 aromatic heterocycles. The third-order valence-corrected chi connectivity index (χ3v) is 8.60. The van der Waals surface area contributed by atoms with Gasteiger partial charge >= 0.3 is 0 Å². The molecule has 4 aromatic rings. The fraction of sp³-hybridized carbons (Fsp3) is 0.333. The van der Waals surface area contributed by atoms with Crippen LogP contribution >= 0.6 is 11.5 Å². The SMILES string of the molecule is Cc1noc(C)c1S(=O)(=O)Nc1cccc(CCN2CCN(c3nsc4ccccc34)CC2)c1. The summed E-state index contributed by atoms with van der Waals surface area (Å²) in [6, 6.07) is 16.0. The molecule has 0 unspecified atom stereocenters. The molecule has 8 nitrogen and oxygen atoms in total. The van der Waals surface area contributed by atoms with Crippen LogP contribution in [0, 0.1) is 13.8 Å². The van der Waals surface area contributed by atoms with Gasteiger partial charge in [-0.25, -0.2) is 8.42 Å². The second kappa shape index (κ2) is 9.36. The average molecular weight is 498 g/mol. The lowest BCUT2D eigenvalue weighted by Gasteiger charge is -2.35. The van der Waals surface area contributed by atoms with Crippen LogP contribution in [0.25, 0.3) is 10.1 Å². The zero-order valence-corrected chi connectivity index (χ0v) is 20.8. The van der Waals surface area contributed by atoms with Crippen molar-refractivity contribution in [3.05, 3.63) is 65.5 Å². The molecule has 5 rings (SSSR count). The summed E-state index contributed by atoms with van der Waals surface area (Å²) < 4.78 is 39.2.